The molecule has 4 heteroatoms. The summed E-state index contributed by atoms with van der Waals surface area (Å²) in [5.74, 6) is -0.0946. The summed E-state index contributed by atoms with van der Waals surface area (Å²) in [5, 5.41) is 6.27. The summed E-state index contributed by atoms with van der Waals surface area (Å²) in [6.45, 7) is 1.88. The highest BCUT2D eigenvalue weighted by Gasteiger charge is 2.12. The van der Waals surface area contributed by atoms with E-state index in [1.54, 1.807) is 0 Å². The number of carbonyl (C=O) groups excluding carboxylic acids is 1. The number of amides is 1. The minimum Gasteiger partial charge on any atom is -0.372 e. The van der Waals surface area contributed by atoms with Gasteiger partial charge in [0.25, 0.3) is 0 Å². The van der Waals surface area contributed by atoms with Crippen molar-refractivity contribution in [3.05, 3.63) is 30.3 Å². The van der Waals surface area contributed by atoms with Gasteiger partial charge >= 0.3 is 0 Å². The van der Waals surface area contributed by atoms with Crippen LogP contribution in [0.4, 0.5) is 5.69 Å². The van der Waals surface area contributed by atoms with Crippen LogP contribution in [0, 0.1) is 0 Å². The lowest BCUT2D eigenvalue weighted by Crippen LogP contribution is -2.35. The van der Waals surface area contributed by atoms with Gasteiger partial charge in [-0.15, -0.1) is 0 Å². The third-order valence-electron chi connectivity index (χ3n) is 3.31. The third kappa shape index (κ3) is 5.41. The van der Waals surface area contributed by atoms with Crippen molar-refractivity contribution >= 4 is 11.6 Å². The normalized spacial score (nSPS) is 19.1. The number of benzene rings is 1. The maximum Gasteiger partial charge on any atom is 0.250 e. The molecule has 0 saturated carbocycles. The van der Waals surface area contributed by atoms with Gasteiger partial charge in [0.1, 0.15) is 6.61 Å². The SMILES string of the molecule is O=C(COCCC1CCCCN1)Nc1ccccc1. The summed E-state index contributed by atoms with van der Waals surface area (Å²) in [6.07, 6.45) is 4.78. The molecule has 1 unspecified atom stereocenters. The number of ether oxygens (including phenoxy) is 1. The molecule has 1 fully saturated rings. The number of piperidine rings is 1. The van der Waals surface area contributed by atoms with E-state index in [1.807, 2.05) is 30.3 Å². The van der Waals surface area contributed by atoms with Crippen LogP contribution in [0.5, 0.6) is 0 Å². The van der Waals surface area contributed by atoms with E-state index in [2.05, 4.69) is 10.6 Å². The zero-order chi connectivity index (χ0) is 13.3. The first-order valence-electron chi connectivity index (χ1n) is 7.00. The molecule has 0 aromatic heterocycles. The molecule has 0 spiro atoms. The van der Waals surface area contributed by atoms with Crippen LogP contribution in [0.2, 0.25) is 0 Å². The second-order valence-electron chi connectivity index (χ2n) is 4.90. The van der Waals surface area contributed by atoms with Crippen molar-refractivity contribution in [3.63, 3.8) is 0 Å². The van der Waals surface area contributed by atoms with Crippen molar-refractivity contribution in [1.29, 1.82) is 0 Å². The molecular weight excluding hydrogens is 240 g/mol. The average molecular weight is 262 g/mol. The Bertz CT molecular complexity index is 375. The maximum atomic E-state index is 11.6. The van der Waals surface area contributed by atoms with Crippen LogP contribution >= 0.6 is 0 Å². The van der Waals surface area contributed by atoms with E-state index in [0.29, 0.717) is 12.6 Å². The molecular formula is C15H22N2O2. The average Bonchev–Trinajstić information content (AvgIpc) is 2.46. The lowest BCUT2D eigenvalue weighted by Gasteiger charge is -2.23. The van der Waals surface area contributed by atoms with Crippen LogP contribution in [0.3, 0.4) is 0 Å². The molecule has 1 saturated heterocycles. The van der Waals surface area contributed by atoms with Crippen molar-refractivity contribution < 1.29 is 9.53 Å². The fourth-order valence-corrected chi connectivity index (χ4v) is 2.28. The quantitative estimate of drug-likeness (QED) is 0.773. The largest absolute Gasteiger partial charge is 0.372 e. The highest BCUT2D eigenvalue weighted by Crippen LogP contribution is 2.10. The summed E-state index contributed by atoms with van der Waals surface area (Å²) in [4.78, 5) is 11.6. The van der Waals surface area contributed by atoms with Gasteiger partial charge in [-0.2, -0.15) is 0 Å². The molecule has 1 aromatic rings. The minimum atomic E-state index is -0.0946. The second kappa shape index (κ2) is 7.92. The first-order valence-corrected chi connectivity index (χ1v) is 7.00. The molecule has 0 aliphatic carbocycles. The van der Waals surface area contributed by atoms with E-state index >= 15 is 0 Å². The van der Waals surface area contributed by atoms with Crippen molar-refractivity contribution in [2.24, 2.45) is 0 Å². The van der Waals surface area contributed by atoms with Crippen LogP contribution < -0.4 is 10.6 Å². The summed E-state index contributed by atoms with van der Waals surface area (Å²) < 4.78 is 5.42. The van der Waals surface area contributed by atoms with Crippen molar-refractivity contribution in [2.75, 3.05) is 25.1 Å². The zero-order valence-electron chi connectivity index (χ0n) is 11.2. The number of hydrogen-bond acceptors (Lipinski definition) is 3. The Labute approximate surface area is 114 Å². The van der Waals surface area contributed by atoms with Gasteiger partial charge in [-0.1, -0.05) is 24.6 Å². The Hall–Kier alpha value is -1.39. The van der Waals surface area contributed by atoms with Crippen molar-refractivity contribution in [3.8, 4) is 0 Å². The highest BCUT2D eigenvalue weighted by molar-refractivity contribution is 5.91. The number of para-hydroxylation sites is 1. The van der Waals surface area contributed by atoms with Crippen LogP contribution in [0.15, 0.2) is 30.3 Å². The first-order chi connectivity index (χ1) is 9.34. The van der Waals surface area contributed by atoms with Gasteiger partial charge in [-0.3, -0.25) is 4.79 Å². The fraction of sp³-hybridized carbons (Fsp3) is 0.533. The van der Waals surface area contributed by atoms with Crippen LogP contribution in [0.25, 0.3) is 0 Å². The first kappa shape index (κ1) is 14.0. The molecule has 2 N–H and O–H groups in total. The summed E-state index contributed by atoms with van der Waals surface area (Å²) in [5.41, 5.74) is 0.810. The lowest BCUT2D eigenvalue weighted by atomic mass is 10.0. The Morgan fingerprint density at radius 3 is 2.89 bits per heavy atom. The van der Waals surface area contributed by atoms with E-state index in [0.717, 1.165) is 18.7 Å². The molecule has 1 aliphatic rings. The predicted octanol–water partition coefficient (Wildman–Crippen LogP) is 2.17. The zero-order valence-corrected chi connectivity index (χ0v) is 11.2. The van der Waals surface area contributed by atoms with E-state index in [4.69, 9.17) is 4.74 Å². The fourth-order valence-electron chi connectivity index (χ4n) is 2.28. The van der Waals surface area contributed by atoms with Gasteiger partial charge in [-0.05, 0) is 37.9 Å². The van der Waals surface area contributed by atoms with Gasteiger partial charge < -0.3 is 15.4 Å². The number of rotatable bonds is 6. The summed E-state index contributed by atoms with van der Waals surface area (Å²) >= 11 is 0. The third-order valence-corrected chi connectivity index (χ3v) is 3.31. The molecule has 104 valence electrons. The molecule has 0 radical (unpaired) electrons. The van der Waals surface area contributed by atoms with Crippen LogP contribution in [0.1, 0.15) is 25.7 Å². The molecule has 1 amide bonds. The Kier molecular flexibility index (Phi) is 5.85. The molecule has 19 heavy (non-hydrogen) atoms. The standard InChI is InChI=1S/C15H22N2O2/c18-15(17-14-7-2-1-3-8-14)12-19-11-9-13-6-4-5-10-16-13/h1-3,7-8,13,16H,4-6,9-12H2,(H,17,18). The highest BCUT2D eigenvalue weighted by atomic mass is 16.5. The lowest BCUT2D eigenvalue weighted by molar-refractivity contribution is -0.120. The molecule has 1 aromatic carbocycles. The molecule has 1 heterocycles. The number of hydrogen-bond donors (Lipinski definition) is 2. The van der Waals surface area contributed by atoms with Gasteiger partial charge in [-0.25, -0.2) is 0 Å². The summed E-state index contributed by atoms with van der Waals surface area (Å²) in [7, 11) is 0. The van der Waals surface area contributed by atoms with E-state index in [-0.39, 0.29) is 12.5 Å². The smallest absolute Gasteiger partial charge is 0.250 e. The number of anilines is 1. The van der Waals surface area contributed by atoms with Crippen LogP contribution in [-0.2, 0) is 9.53 Å². The number of carbonyl (C=O) groups is 1. The number of nitrogens with one attached hydrogen (secondary N) is 2. The van der Waals surface area contributed by atoms with Gasteiger partial charge in [0.2, 0.25) is 5.91 Å². The van der Waals surface area contributed by atoms with Crippen molar-refractivity contribution in [1.82, 2.24) is 5.32 Å². The minimum absolute atomic E-state index is 0.0946. The van der Waals surface area contributed by atoms with Gasteiger partial charge in [0, 0.05) is 18.3 Å². The Morgan fingerprint density at radius 2 is 2.16 bits per heavy atom. The Balaban J connectivity index is 1.56. The topological polar surface area (TPSA) is 50.4 Å². The van der Waals surface area contributed by atoms with Crippen LogP contribution in [-0.4, -0.2) is 31.7 Å². The van der Waals surface area contributed by atoms with Gasteiger partial charge in [0.15, 0.2) is 0 Å². The van der Waals surface area contributed by atoms with Gasteiger partial charge in [0.05, 0.1) is 0 Å². The van der Waals surface area contributed by atoms with E-state index in [1.165, 1.54) is 19.3 Å². The summed E-state index contributed by atoms with van der Waals surface area (Å²) in [6, 6.07) is 10.00. The maximum absolute atomic E-state index is 11.6. The van der Waals surface area contributed by atoms with E-state index < -0.39 is 0 Å². The Morgan fingerprint density at radius 1 is 1.32 bits per heavy atom. The molecule has 4 nitrogen and oxygen atoms in total. The monoisotopic (exact) mass is 262 g/mol. The van der Waals surface area contributed by atoms with E-state index in [9.17, 15) is 4.79 Å². The molecule has 1 aliphatic heterocycles. The molecule has 1 atom stereocenters. The van der Waals surface area contributed by atoms with Crippen molar-refractivity contribution in [2.45, 2.75) is 31.7 Å². The molecule has 0 bridgehead atoms. The predicted molar refractivity (Wildman–Crippen MR) is 76.1 cm³/mol. The second-order valence-corrected chi connectivity index (χ2v) is 4.90. The molecule has 2 rings (SSSR count).